The van der Waals surface area contributed by atoms with Crippen LogP contribution in [0.3, 0.4) is 0 Å². The van der Waals surface area contributed by atoms with Crippen LogP contribution >= 0.6 is 34.4 Å². The lowest BCUT2D eigenvalue weighted by Gasteiger charge is -2.29. The van der Waals surface area contributed by atoms with Crippen LogP contribution in [0.1, 0.15) is 30.6 Å². The maximum atomic E-state index is 12.3. The fraction of sp³-hybridized carbons (Fsp3) is 0.409. The largest absolute Gasteiger partial charge is 0.359 e. The van der Waals surface area contributed by atoms with Crippen LogP contribution in [0.15, 0.2) is 50.9 Å². The van der Waals surface area contributed by atoms with E-state index in [4.69, 9.17) is 4.98 Å². The third-order valence-electron chi connectivity index (χ3n) is 5.92. The minimum absolute atomic E-state index is 0.393. The summed E-state index contributed by atoms with van der Waals surface area (Å²) in [7, 11) is -3.36. The second-order valence-electron chi connectivity index (χ2n) is 8.03. The molecule has 164 valence electrons. The molecule has 9 heteroatoms. The van der Waals surface area contributed by atoms with Crippen LogP contribution in [0.25, 0.3) is 11.3 Å². The Balaban J connectivity index is 1.17. The standard InChI is InChI=1S/C22H25N3O2S4/c26-31(27,20-6-3-12-29-20)23-14-15-7-9-16(10-8-15)24-22-25-21-17-4-1-2-5-18(17)28-13-11-19(21)30-22/h1-6,12,15-16,23H,7-11,13-14H2,(H,24,25)/t15-,16+. The Morgan fingerprint density at radius 2 is 1.90 bits per heavy atom. The van der Waals surface area contributed by atoms with Crippen molar-refractivity contribution in [3.63, 3.8) is 0 Å². The number of sulfonamides is 1. The molecule has 2 N–H and O–H groups in total. The number of thioether (sulfide) groups is 1. The molecule has 1 aliphatic carbocycles. The molecule has 0 atom stereocenters. The van der Waals surface area contributed by atoms with Gasteiger partial charge in [-0.15, -0.1) is 34.4 Å². The average Bonchev–Trinajstić information content (AvgIpc) is 3.42. The van der Waals surface area contributed by atoms with E-state index in [-0.39, 0.29) is 0 Å². The molecule has 3 aromatic rings. The van der Waals surface area contributed by atoms with Gasteiger partial charge in [0.25, 0.3) is 0 Å². The summed E-state index contributed by atoms with van der Waals surface area (Å²) in [6.45, 7) is 0.521. The highest BCUT2D eigenvalue weighted by atomic mass is 32.2. The molecule has 5 nitrogen and oxygen atoms in total. The quantitative estimate of drug-likeness (QED) is 0.478. The molecule has 0 radical (unpaired) electrons. The van der Waals surface area contributed by atoms with Gasteiger partial charge in [-0.1, -0.05) is 24.3 Å². The summed E-state index contributed by atoms with van der Waals surface area (Å²) in [6.07, 6.45) is 5.19. The SMILES string of the molecule is O=S(=O)(NC[C@H]1CC[C@@H](Nc2nc3c(s2)CCSc2ccccc2-3)CC1)c1cccs1. The van der Waals surface area contributed by atoms with E-state index in [9.17, 15) is 8.42 Å². The number of hydrogen-bond donors (Lipinski definition) is 2. The van der Waals surface area contributed by atoms with Gasteiger partial charge < -0.3 is 5.32 Å². The van der Waals surface area contributed by atoms with Gasteiger partial charge in [0.05, 0.1) is 5.69 Å². The van der Waals surface area contributed by atoms with E-state index in [0.717, 1.165) is 48.7 Å². The number of anilines is 1. The van der Waals surface area contributed by atoms with E-state index in [2.05, 4.69) is 34.3 Å². The van der Waals surface area contributed by atoms with E-state index in [1.54, 1.807) is 28.8 Å². The van der Waals surface area contributed by atoms with Crippen LogP contribution in [0, 0.1) is 5.92 Å². The molecule has 5 rings (SSSR count). The molecule has 1 saturated carbocycles. The van der Waals surface area contributed by atoms with E-state index >= 15 is 0 Å². The Morgan fingerprint density at radius 1 is 1.06 bits per heavy atom. The van der Waals surface area contributed by atoms with Crippen molar-refractivity contribution >= 4 is 49.6 Å². The van der Waals surface area contributed by atoms with Gasteiger partial charge in [0.15, 0.2) is 5.13 Å². The molecule has 1 aromatic carbocycles. The van der Waals surface area contributed by atoms with Gasteiger partial charge in [-0.3, -0.25) is 0 Å². The third-order valence-corrected chi connectivity index (χ3v) is 10.9. The Morgan fingerprint density at radius 3 is 2.71 bits per heavy atom. The molecular formula is C22H25N3O2S4. The van der Waals surface area contributed by atoms with E-state index in [1.807, 2.05) is 11.8 Å². The minimum Gasteiger partial charge on any atom is -0.359 e. The van der Waals surface area contributed by atoms with Crippen LogP contribution in [0.5, 0.6) is 0 Å². The lowest BCUT2D eigenvalue weighted by molar-refractivity contribution is 0.337. The molecule has 1 aliphatic heterocycles. The molecule has 0 amide bonds. The van der Waals surface area contributed by atoms with Crippen molar-refractivity contribution in [3.8, 4) is 11.3 Å². The summed E-state index contributed by atoms with van der Waals surface area (Å²) in [4.78, 5) is 7.66. The summed E-state index contributed by atoms with van der Waals surface area (Å²) in [5, 5.41) is 6.48. The van der Waals surface area contributed by atoms with Crippen LogP contribution in [-0.2, 0) is 16.4 Å². The summed E-state index contributed by atoms with van der Waals surface area (Å²) in [6, 6.07) is 12.4. The van der Waals surface area contributed by atoms with Crippen molar-refractivity contribution in [1.29, 1.82) is 0 Å². The van der Waals surface area contributed by atoms with Crippen molar-refractivity contribution < 1.29 is 8.42 Å². The first-order chi connectivity index (χ1) is 15.1. The number of aromatic nitrogens is 1. The first-order valence-electron chi connectivity index (χ1n) is 10.6. The van der Waals surface area contributed by atoms with E-state index in [1.165, 1.54) is 26.7 Å². The van der Waals surface area contributed by atoms with Crippen molar-refractivity contribution in [2.24, 2.45) is 5.92 Å². The number of benzene rings is 1. The Kier molecular flexibility index (Phi) is 6.39. The van der Waals surface area contributed by atoms with Crippen molar-refractivity contribution in [3.05, 3.63) is 46.7 Å². The number of hydrogen-bond acceptors (Lipinski definition) is 7. The van der Waals surface area contributed by atoms with Gasteiger partial charge >= 0.3 is 0 Å². The minimum atomic E-state index is -3.36. The molecule has 1 fully saturated rings. The van der Waals surface area contributed by atoms with Crippen molar-refractivity contribution in [2.45, 2.75) is 47.3 Å². The summed E-state index contributed by atoms with van der Waals surface area (Å²) < 4.78 is 27.8. The van der Waals surface area contributed by atoms with Gasteiger partial charge in [0.2, 0.25) is 10.0 Å². The van der Waals surface area contributed by atoms with Gasteiger partial charge in [-0.25, -0.2) is 18.1 Å². The lowest BCUT2D eigenvalue weighted by Crippen LogP contribution is -2.33. The second-order valence-corrected chi connectivity index (χ2v) is 13.2. The van der Waals surface area contributed by atoms with Gasteiger partial charge in [-0.05, 0) is 55.5 Å². The first kappa shape index (κ1) is 21.5. The second kappa shape index (κ2) is 9.23. The maximum Gasteiger partial charge on any atom is 0.250 e. The smallest absolute Gasteiger partial charge is 0.250 e. The summed E-state index contributed by atoms with van der Waals surface area (Å²) in [5.74, 6) is 1.49. The van der Waals surface area contributed by atoms with Crippen molar-refractivity contribution in [2.75, 3.05) is 17.6 Å². The summed E-state index contributed by atoms with van der Waals surface area (Å²) >= 11 is 4.97. The number of fused-ring (bicyclic) bond motifs is 3. The monoisotopic (exact) mass is 491 g/mol. The lowest BCUT2D eigenvalue weighted by atomic mass is 9.86. The molecule has 2 aliphatic rings. The zero-order valence-electron chi connectivity index (χ0n) is 17.0. The van der Waals surface area contributed by atoms with E-state index in [0.29, 0.717) is 22.7 Å². The Labute approximate surface area is 195 Å². The predicted octanol–water partition coefficient (Wildman–Crippen LogP) is 5.47. The fourth-order valence-electron chi connectivity index (χ4n) is 4.24. The maximum absolute atomic E-state index is 12.3. The van der Waals surface area contributed by atoms with Crippen molar-refractivity contribution in [1.82, 2.24) is 9.71 Å². The molecular weight excluding hydrogens is 467 g/mol. The molecule has 3 heterocycles. The zero-order chi connectivity index (χ0) is 21.3. The highest BCUT2D eigenvalue weighted by Gasteiger charge is 2.25. The van der Waals surface area contributed by atoms with Crippen LogP contribution in [0.2, 0.25) is 0 Å². The zero-order valence-corrected chi connectivity index (χ0v) is 20.3. The summed E-state index contributed by atoms with van der Waals surface area (Å²) in [5.41, 5.74) is 2.40. The number of aryl methyl sites for hydroxylation is 1. The number of thiophene rings is 1. The van der Waals surface area contributed by atoms with Gasteiger partial charge in [0, 0.05) is 33.7 Å². The number of rotatable bonds is 6. The molecule has 0 spiro atoms. The highest BCUT2D eigenvalue weighted by Crippen LogP contribution is 2.41. The average molecular weight is 492 g/mol. The highest BCUT2D eigenvalue weighted by molar-refractivity contribution is 7.99. The third kappa shape index (κ3) is 4.85. The molecule has 2 aromatic heterocycles. The van der Waals surface area contributed by atoms with Crippen LogP contribution < -0.4 is 10.0 Å². The number of thiazole rings is 1. The van der Waals surface area contributed by atoms with Crippen LogP contribution in [-0.4, -0.2) is 31.7 Å². The molecule has 0 bridgehead atoms. The number of nitrogens with zero attached hydrogens (tertiary/aromatic N) is 1. The number of nitrogens with one attached hydrogen (secondary N) is 2. The van der Waals surface area contributed by atoms with E-state index < -0.39 is 10.0 Å². The van der Waals surface area contributed by atoms with Gasteiger partial charge in [-0.2, -0.15) is 0 Å². The normalized spacial score (nSPS) is 21.2. The molecule has 31 heavy (non-hydrogen) atoms. The van der Waals surface area contributed by atoms with Crippen LogP contribution in [0.4, 0.5) is 5.13 Å². The Hall–Kier alpha value is -1.39. The van der Waals surface area contributed by atoms with Gasteiger partial charge in [0.1, 0.15) is 4.21 Å². The molecule has 0 saturated heterocycles. The fourth-order valence-corrected chi connectivity index (χ4v) is 8.59. The predicted molar refractivity (Wildman–Crippen MR) is 131 cm³/mol. The first-order valence-corrected chi connectivity index (χ1v) is 14.8. The topological polar surface area (TPSA) is 71.1 Å². The Bertz CT molecular complexity index is 1130. The molecule has 0 unspecified atom stereocenters.